The van der Waals surface area contributed by atoms with Gasteiger partial charge < -0.3 is 10.6 Å². The summed E-state index contributed by atoms with van der Waals surface area (Å²) in [4.78, 5) is 14.2. The van der Waals surface area contributed by atoms with Gasteiger partial charge in [0.15, 0.2) is 0 Å². The van der Waals surface area contributed by atoms with E-state index in [1.54, 1.807) is 0 Å². The SMILES string of the molecule is CNCC1CCCN(CC(=O)Nc2ccccc2)C1. The maximum atomic E-state index is 12.0. The van der Waals surface area contributed by atoms with Gasteiger partial charge in [-0.25, -0.2) is 0 Å². The summed E-state index contributed by atoms with van der Waals surface area (Å²) >= 11 is 0. The van der Waals surface area contributed by atoms with Gasteiger partial charge in [0.1, 0.15) is 0 Å². The van der Waals surface area contributed by atoms with Crippen LogP contribution < -0.4 is 10.6 Å². The van der Waals surface area contributed by atoms with Crippen molar-refractivity contribution in [1.29, 1.82) is 0 Å². The van der Waals surface area contributed by atoms with E-state index in [0.717, 1.165) is 25.3 Å². The molecule has 1 aliphatic heterocycles. The van der Waals surface area contributed by atoms with Gasteiger partial charge in [-0.3, -0.25) is 9.69 Å². The lowest BCUT2D eigenvalue weighted by Gasteiger charge is -2.32. The quantitative estimate of drug-likeness (QED) is 0.845. The fraction of sp³-hybridized carbons (Fsp3) is 0.533. The van der Waals surface area contributed by atoms with Crippen LogP contribution in [0.1, 0.15) is 12.8 Å². The highest BCUT2D eigenvalue weighted by atomic mass is 16.2. The van der Waals surface area contributed by atoms with Gasteiger partial charge in [-0.15, -0.1) is 0 Å². The van der Waals surface area contributed by atoms with E-state index in [1.165, 1.54) is 12.8 Å². The number of nitrogens with one attached hydrogen (secondary N) is 2. The second-order valence-electron chi connectivity index (χ2n) is 5.22. The predicted molar refractivity (Wildman–Crippen MR) is 78.2 cm³/mol. The van der Waals surface area contributed by atoms with Crippen LogP contribution in [0.15, 0.2) is 30.3 Å². The van der Waals surface area contributed by atoms with Crippen molar-refractivity contribution in [2.45, 2.75) is 12.8 Å². The van der Waals surface area contributed by atoms with Gasteiger partial charge in [0.05, 0.1) is 6.54 Å². The van der Waals surface area contributed by atoms with Crippen molar-refractivity contribution in [3.63, 3.8) is 0 Å². The second kappa shape index (κ2) is 7.26. The lowest BCUT2D eigenvalue weighted by Crippen LogP contribution is -2.42. The van der Waals surface area contributed by atoms with E-state index in [4.69, 9.17) is 0 Å². The molecule has 19 heavy (non-hydrogen) atoms. The molecule has 1 saturated heterocycles. The van der Waals surface area contributed by atoms with E-state index < -0.39 is 0 Å². The molecule has 1 aromatic rings. The molecule has 1 atom stereocenters. The molecule has 4 nitrogen and oxygen atoms in total. The Kier molecular flexibility index (Phi) is 5.36. The lowest BCUT2D eigenvalue weighted by molar-refractivity contribution is -0.117. The molecule has 0 bridgehead atoms. The van der Waals surface area contributed by atoms with Gasteiger partial charge in [0.2, 0.25) is 5.91 Å². The smallest absolute Gasteiger partial charge is 0.238 e. The average molecular weight is 261 g/mol. The molecule has 0 aliphatic carbocycles. The number of amides is 1. The molecule has 2 rings (SSSR count). The third-order valence-corrected chi connectivity index (χ3v) is 3.52. The molecule has 2 N–H and O–H groups in total. The number of anilines is 1. The van der Waals surface area contributed by atoms with Gasteiger partial charge >= 0.3 is 0 Å². The number of carbonyl (C=O) groups excluding carboxylic acids is 1. The molecule has 1 aromatic carbocycles. The second-order valence-corrected chi connectivity index (χ2v) is 5.22. The van der Waals surface area contributed by atoms with Gasteiger partial charge in [0.25, 0.3) is 0 Å². The van der Waals surface area contributed by atoms with Crippen LogP contribution in [0.5, 0.6) is 0 Å². The average Bonchev–Trinajstić information content (AvgIpc) is 2.40. The fourth-order valence-corrected chi connectivity index (χ4v) is 2.68. The number of benzene rings is 1. The Labute approximate surface area is 115 Å². The first-order valence-corrected chi connectivity index (χ1v) is 7.00. The zero-order valence-corrected chi connectivity index (χ0v) is 11.6. The molecule has 1 unspecified atom stereocenters. The molecule has 0 spiro atoms. The summed E-state index contributed by atoms with van der Waals surface area (Å²) in [7, 11) is 1.99. The number of piperidine rings is 1. The summed E-state index contributed by atoms with van der Waals surface area (Å²) in [6.45, 7) is 3.58. The Hall–Kier alpha value is -1.39. The van der Waals surface area contributed by atoms with Gasteiger partial charge in [0, 0.05) is 12.2 Å². The summed E-state index contributed by atoms with van der Waals surface area (Å²) in [6.07, 6.45) is 2.45. The molecular formula is C15H23N3O. The van der Waals surface area contributed by atoms with Crippen LogP contribution in [0, 0.1) is 5.92 Å². The summed E-state index contributed by atoms with van der Waals surface area (Å²) in [5, 5.41) is 6.16. The van der Waals surface area contributed by atoms with E-state index in [1.807, 2.05) is 37.4 Å². The van der Waals surface area contributed by atoms with Crippen molar-refractivity contribution < 1.29 is 4.79 Å². The van der Waals surface area contributed by atoms with Crippen LogP contribution in [0.25, 0.3) is 0 Å². The zero-order valence-electron chi connectivity index (χ0n) is 11.6. The Morgan fingerprint density at radius 3 is 2.89 bits per heavy atom. The number of para-hydroxylation sites is 1. The van der Waals surface area contributed by atoms with Gasteiger partial charge in [-0.1, -0.05) is 18.2 Å². The van der Waals surface area contributed by atoms with Crippen LogP contribution in [0.2, 0.25) is 0 Å². The Balaban J connectivity index is 1.78. The summed E-state index contributed by atoms with van der Waals surface area (Å²) < 4.78 is 0. The molecule has 1 amide bonds. The molecule has 1 heterocycles. The first kappa shape index (κ1) is 14.0. The maximum absolute atomic E-state index is 12.0. The van der Waals surface area contributed by atoms with Crippen molar-refractivity contribution in [3.05, 3.63) is 30.3 Å². The van der Waals surface area contributed by atoms with Crippen molar-refractivity contribution >= 4 is 11.6 Å². The molecular weight excluding hydrogens is 238 g/mol. The summed E-state index contributed by atoms with van der Waals surface area (Å²) in [5.41, 5.74) is 0.872. The van der Waals surface area contributed by atoms with Gasteiger partial charge in [-0.05, 0) is 51.0 Å². The van der Waals surface area contributed by atoms with E-state index in [-0.39, 0.29) is 5.91 Å². The largest absolute Gasteiger partial charge is 0.325 e. The minimum Gasteiger partial charge on any atom is -0.325 e. The first-order valence-electron chi connectivity index (χ1n) is 7.00. The van der Waals surface area contributed by atoms with Crippen LogP contribution in [-0.2, 0) is 4.79 Å². The van der Waals surface area contributed by atoms with E-state index in [2.05, 4.69) is 15.5 Å². The summed E-state index contributed by atoms with van der Waals surface area (Å²) in [6, 6.07) is 9.64. The minimum atomic E-state index is 0.0799. The van der Waals surface area contributed by atoms with Crippen molar-refractivity contribution in [2.75, 3.05) is 38.5 Å². The topological polar surface area (TPSA) is 44.4 Å². The fourth-order valence-electron chi connectivity index (χ4n) is 2.68. The standard InChI is InChI=1S/C15H23N3O/c1-16-10-13-6-5-9-18(11-13)12-15(19)17-14-7-3-2-4-8-14/h2-4,7-8,13,16H,5-6,9-12H2,1H3,(H,17,19). The Bertz CT molecular complexity index is 392. The predicted octanol–water partition coefficient (Wildman–Crippen LogP) is 1.56. The van der Waals surface area contributed by atoms with Crippen LogP contribution in [0.3, 0.4) is 0 Å². The molecule has 4 heteroatoms. The normalized spacial score (nSPS) is 20.2. The molecule has 1 aliphatic rings. The van der Waals surface area contributed by atoms with Crippen molar-refractivity contribution in [1.82, 2.24) is 10.2 Å². The number of likely N-dealkylation sites (tertiary alicyclic amines) is 1. The Morgan fingerprint density at radius 1 is 1.37 bits per heavy atom. The van der Waals surface area contributed by atoms with E-state index in [0.29, 0.717) is 12.5 Å². The first-order chi connectivity index (χ1) is 9.28. The number of nitrogens with zero attached hydrogens (tertiary/aromatic N) is 1. The highest BCUT2D eigenvalue weighted by Gasteiger charge is 2.20. The summed E-state index contributed by atoms with van der Waals surface area (Å²) in [5.74, 6) is 0.750. The molecule has 1 fully saturated rings. The van der Waals surface area contributed by atoms with E-state index >= 15 is 0 Å². The van der Waals surface area contributed by atoms with Crippen LogP contribution in [0.4, 0.5) is 5.69 Å². The number of carbonyl (C=O) groups is 1. The highest BCUT2D eigenvalue weighted by Crippen LogP contribution is 2.15. The highest BCUT2D eigenvalue weighted by molar-refractivity contribution is 5.92. The number of hydrogen-bond acceptors (Lipinski definition) is 3. The maximum Gasteiger partial charge on any atom is 0.238 e. The van der Waals surface area contributed by atoms with Crippen LogP contribution in [-0.4, -0.2) is 44.0 Å². The third-order valence-electron chi connectivity index (χ3n) is 3.52. The van der Waals surface area contributed by atoms with E-state index in [9.17, 15) is 4.79 Å². The molecule has 0 saturated carbocycles. The van der Waals surface area contributed by atoms with Crippen molar-refractivity contribution in [3.8, 4) is 0 Å². The minimum absolute atomic E-state index is 0.0799. The third kappa shape index (κ3) is 4.65. The number of rotatable bonds is 5. The monoisotopic (exact) mass is 261 g/mol. The van der Waals surface area contributed by atoms with Gasteiger partial charge in [-0.2, -0.15) is 0 Å². The Morgan fingerprint density at radius 2 is 2.16 bits per heavy atom. The zero-order chi connectivity index (χ0) is 13.5. The molecule has 104 valence electrons. The lowest BCUT2D eigenvalue weighted by atomic mass is 9.98. The van der Waals surface area contributed by atoms with Crippen molar-refractivity contribution in [2.24, 2.45) is 5.92 Å². The molecule has 0 radical (unpaired) electrons. The number of hydrogen-bond donors (Lipinski definition) is 2. The van der Waals surface area contributed by atoms with Crippen LogP contribution >= 0.6 is 0 Å². The molecule has 0 aromatic heterocycles.